The number of nitriles is 1. The number of rotatable bonds is 10. The van der Waals surface area contributed by atoms with E-state index in [1.807, 2.05) is 19.0 Å². The molecular weight excluding hydrogens is 532 g/mol. The Morgan fingerprint density at radius 3 is 2.61 bits per heavy atom. The van der Waals surface area contributed by atoms with E-state index < -0.39 is 5.82 Å². The van der Waals surface area contributed by atoms with Crippen LogP contribution in [0.4, 0.5) is 15.8 Å². The number of likely N-dealkylation sites (N-methyl/N-ethyl adjacent to an activating group) is 1. The Morgan fingerprint density at radius 1 is 1.08 bits per heavy atom. The lowest BCUT2D eigenvalue weighted by Crippen LogP contribution is -2.19. The Labute approximate surface area is 229 Å². The molecule has 0 atom stereocenters. The highest BCUT2D eigenvalue weighted by Crippen LogP contribution is 2.39. The molecular formula is C27H24Cl2FN5O3. The average Bonchev–Trinajstić information content (AvgIpc) is 2.89. The van der Waals surface area contributed by atoms with Crippen LogP contribution in [0.2, 0.25) is 10.2 Å². The molecule has 0 radical (unpaired) electrons. The monoisotopic (exact) mass is 555 g/mol. The molecule has 2 aromatic heterocycles. The fraction of sp³-hybridized carbons (Fsp3) is 0.222. The summed E-state index contributed by atoms with van der Waals surface area (Å²) in [5.41, 5.74) is 1.97. The fourth-order valence-electron chi connectivity index (χ4n) is 3.58. The highest BCUT2D eigenvalue weighted by Gasteiger charge is 2.17. The maximum Gasteiger partial charge on any atom is 0.167 e. The second-order valence-corrected chi connectivity index (χ2v) is 9.25. The second kappa shape index (κ2) is 12.1. The number of hydrogen-bond donors (Lipinski definition) is 1. The molecule has 2 heterocycles. The molecule has 0 aliphatic rings. The van der Waals surface area contributed by atoms with Crippen LogP contribution < -0.4 is 19.5 Å². The summed E-state index contributed by atoms with van der Waals surface area (Å²) in [7, 11) is 5.43. The van der Waals surface area contributed by atoms with Crippen molar-refractivity contribution in [3.63, 3.8) is 0 Å². The minimum atomic E-state index is -0.648. The van der Waals surface area contributed by atoms with Crippen molar-refractivity contribution in [3.05, 3.63) is 75.9 Å². The molecule has 0 saturated carbocycles. The SMILES string of the molecule is COc1cc2c(Nc3cc(F)c(OCc4cccc(Cl)n4)cc3Cl)c(C#N)cnc2cc1OCCN(C)C. The Kier molecular flexibility index (Phi) is 8.69. The number of aromatic nitrogens is 2. The van der Waals surface area contributed by atoms with Gasteiger partial charge in [0.15, 0.2) is 23.1 Å². The molecule has 0 saturated heterocycles. The van der Waals surface area contributed by atoms with E-state index >= 15 is 0 Å². The molecule has 4 aromatic rings. The number of ether oxygens (including phenoxy) is 3. The third-order valence-electron chi connectivity index (χ3n) is 5.50. The first-order valence-corrected chi connectivity index (χ1v) is 12.2. The van der Waals surface area contributed by atoms with Gasteiger partial charge in [0, 0.05) is 36.3 Å². The Balaban J connectivity index is 1.64. The lowest BCUT2D eigenvalue weighted by Gasteiger charge is -2.17. The quantitative estimate of drug-likeness (QED) is 0.230. The topological polar surface area (TPSA) is 92.5 Å². The van der Waals surface area contributed by atoms with Crippen molar-refractivity contribution >= 4 is 45.5 Å². The summed E-state index contributed by atoms with van der Waals surface area (Å²) in [5.74, 6) is 0.283. The van der Waals surface area contributed by atoms with Crippen molar-refractivity contribution in [2.75, 3.05) is 39.7 Å². The molecule has 8 nitrogen and oxygen atoms in total. The van der Waals surface area contributed by atoms with Crippen LogP contribution in [0.25, 0.3) is 10.9 Å². The Morgan fingerprint density at radius 2 is 1.89 bits per heavy atom. The molecule has 2 aromatic carbocycles. The van der Waals surface area contributed by atoms with E-state index in [-0.39, 0.29) is 28.6 Å². The van der Waals surface area contributed by atoms with Crippen molar-refractivity contribution in [3.8, 4) is 23.3 Å². The molecule has 0 aliphatic carbocycles. The molecule has 11 heteroatoms. The molecule has 0 bridgehead atoms. The van der Waals surface area contributed by atoms with E-state index in [0.29, 0.717) is 52.1 Å². The third-order valence-corrected chi connectivity index (χ3v) is 6.02. The zero-order chi connectivity index (χ0) is 27.2. The number of halogens is 3. The van der Waals surface area contributed by atoms with Crippen LogP contribution >= 0.6 is 23.2 Å². The maximum absolute atomic E-state index is 15.0. The Hall–Kier alpha value is -3.84. The van der Waals surface area contributed by atoms with Crippen molar-refractivity contribution in [1.82, 2.24) is 14.9 Å². The molecule has 4 rings (SSSR count). The zero-order valence-electron chi connectivity index (χ0n) is 20.9. The van der Waals surface area contributed by atoms with Gasteiger partial charge < -0.3 is 24.4 Å². The summed E-state index contributed by atoms with van der Waals surface area (Å²) in [5, 5.41) is 13.9. The number of nitrogens with zero attached hydrogens (tertiary/aromatic N) is 4. The van der Waals surface area contributed by atoms with Gasteiger partial charge in [0.2, 0.25) is 0 Å². The van der Waals surface area contributed by atoms with E-state index in [2.05, 4.69) is 21.4 Å². The van der Waals surface area contributed by atoms with Crippen LogP contribution in [-0.2, 0) is 6.61 Å². The zero-order valence-corrected chi connectivity index (χ0v) is 22.4. The fourth-order valence-corrected chi connectivity index (χ4v) is 3.96. The van der Waals surface area contributed by atoms with Gasteiger partial charge in [-0.3, -0.25) is 4.98 Å². The maximum atomic E-state index is 15.0. The number of hydrogen-bond acceptors (Lipinski definition) is 8. The smallest absolute Gasteiger partial charge is 0.167 e. The molecule has 0 aliphatic heterocycles. The normalized spacial score (nSPS) is 10.9. The highest BCUT2D eigenvalue weighted by atomic mass is 35.5. The van der Waals surface area contributed by atoms with Crippen LogP contribution in [0.15, 0.2) is 48.7 Å². The minimum absolute atomic E-state index is 0.00684. The predicted molar refractivity (Wildman–Crippen MR) is 145 cm³/mol. The Bertz CT molecular complexity index is 1510. The van der Waals surface area contributed by atoms with E-state index in [1.165, 1.54) is 25.4 Å². The van der Waals surface area contributed by atoms with Gasteiger partial charge in [-0.2, -0.15) is 5.26 Å². The summed E-state index contributed by atoms with van der Waals surface area (Å²) in [6.45, 7) is 1.17. The first-order chi connectivity index (χ1) is 18.3. The predicted octanol–water partition coefficient (Wildman–Crippen LogP) is 6.22. The lowest BCUT2D eigenvalue weighted by molar-refractivity contribution is 0.251. The van der Waals surface area contributed by atoms with Gasteiger partial charge in [0.25, 0.3) is 0 Å². The van der Waals surface area contributed by atoms with Gasteiger partial charge in [0.1, 0.15) is 24.4 Å². The van der Waals surface area contributed by atoms with Crippen molar-refractivity contribution in [2.45, 2.75) is 6.61 Å². The third kappa shape index (κ3) is 6.34. The number of benzene rings is 2. The van der Waals surface area contributed by atoms with Gasteiger partial charge in [-0.05, 0) is 32.3 Å². The molecule has 0 spiro atoms. The summed E-state index contributed by atoms with van der Waals surface area (Å²) in [6.07, 6.45) is 1.43. The largest absolute Gasteiger partial charge is 0.493 e. The van der Waals surface area contributed by atoms with Crippen LogP contribution in [0.3, 0.4) is 0 Å². The number of nitrogens with one attached hydrogen (secondary N) is 1. The number of methoxy groups -OCH3 is 1. The highest BCUT2D eigenvalue weighted by molar-refractivity contribution is 6.33. The molecule has 0 amide bonds. The number of anilines is 2. The lowest BCUT2D eigenvalue weighted by atomic mass is 10.1. The van der Waals surface area contributed by atoms with Crippen molar-refractivity contribution < 1.29 is 18.6 Å². The van der Waals surface area contributed by atoms with Gasteiger partial charge in [-0.25, -0.2) is 9.37 Å². The first kappa shape index (κ1) is 27.2. The summed E-state index contributed by atoms with van der Waals surface area (Å²) < 4.78 is 31.9. The standard InChI is InChI=1S/C27H24Cl2FN5O3/c1-35(2)7-8-37-25-12-21-18(9-24(25)36-3)27(16(13-31)14-32-21)34-22-11-20(30)23(10-19(22)28)38-15-17-5-4-6-26(29)33-17/h4-6,9-12,14H,7-8,15H2,1-3H3,(H,32,34). The van der Waals surface area contributed by atoms with E-state index in [4.69, 9.17) is 37.4 Å². The van der Waals surface area contributed by atoms with E-state index in [9.17, 15) is 9.65 Å². The molecule has 1 N–H and O–H groups in total. The average molecular weight is 556 g/mol. The molecule has 196 valence electrons. The number of pyridine rings is 2. The number of fused-ring (bicyclic) bond motifs is 1. The van der Waals surface area contributed by atoms with Crippen LogP contribution in [-0.4, -0.2) is 49.2 Å². The van der Waals surface area contributed by atoms with Crippen LogP contribution in [0, 0.1) is 17.1 Å². The molecule has 0 fully saturated rings. The molecule has 38 heavy (non-hydrogen) atoms. The van der Waals surface area contributed by atoms with Gasteiger partial charge in [-0.1, -0.05) is 29.3 Å². The van der Waals surface area contributed by atoms with Crippen molar-refractivity contribution in [1.29, 1.82) is 5.26 Å². The second-order valence-electron chi connectivity index (χ2n) is 8.46. The summed E-state index contributed by atoms with van der Waals surface area (Å²) in [6, 6.07) is 13.2. The van der Waals surface area contributed by atoms with Crippen LogP contribution in [0.5, 0.6) is 17.2 Å². The van der Waals surface area contributed by atoms with Gasteiger partial charge in [-0.15, -0.1) is 0 Å². The summed E-state index contributed by atoms with van der Waals surface area (Å²) in [4.78, 5) is 10.5. The van der Waals surface area contributed by atoms with Gasteiger partial charge in [0.05, 0.1) is 40.3 Å². The van der Waals surface area contributed by atoms with Crippen molar-refractivity contribution in [2.24, 2.45) is 0 Å². The first-order valence-electron chi connectivity index (χ1n) is 11.5. The molecule has 0 unspecified atom stereocenters. The summed E-state index contributed by atoms with van der Waals surface area (Å²) >= 11 is 12.4. The van der Waals surface area contributed by atoms with E-state index in [1.54, 1.807) is 30.3 Å². The van der Waals surface area contributed by atoms with Gasteiger partial charge >= 0.3 is 0 Å². The minimum Gasteiger partial charge on any atom is -0.493 e. The van der Waals surface area contributed by atoms with Crippen LogP contribution in [0.1, 0.15) is 11.3 Å². The van der Waals surface area contributed by atoms with E-state index in [0.717, 1.165) is 0 Å².